The predicted octanol–water partition coefficient (Wildman–Crippen LogP) is 4.60. The van der Waals surface area contributed by atoms with Gasteiger partial charge in [0.25, 0.3) is 5.91 Å². The maximum absolute atomic E-state index is 13.1. The van der Waals surface area contributed by atoms with Crippen LogP contribution in [0.5, 0.6) is 5.75 Å². The number of hydrogen-bond acceptors (Lipinski definition) is 3. The first kappa shape index (κ1) is 18.1. The monoisotopic (exact) mass is 376 g/mol. The van der Waals surface area contributed by atoms with E-state index in [1.807, 2.05) is 55.6 Å². The number of nitrogens with zero attached hydrogens (tertiary/aromatic N) is 2. The van der Waals surface area contributed by atoms with Gasteiger partial charge in [-0.2, -0.15) is 0 Å². The molecule has 4 aromatic rings. The topological polar surface area (TPSA) is 71.9 Å². The molecule has 0 bridgehead atoms. The van der Waals surface area contributed by atoms with Crippen molar-refractivity contribution >= 4 is 27.8 Å². The number of methoxy groups -OCH3 is 1. The predicted molar refractivity (Wildman–Crippen MR) is 111 cm³/mol. The van der Waals surface area contributed by atoms with Gasteiger partial charge in [-0.25, -0.2) is 4.98 Å². The number of rotatable bonds is 5. The Morgan fingerprint density at radius 2 is 1.96 bits per heavy atom. The van der Waals surface area contributed by atoms with Crippen LogP contribution < -0.4 is 10.1 Å². The molecule has 0 aliphatic heterocycles. The van der Waals surface area contributed by atoms with Gasteiger partial charge in [-0.15, -0.1) is 0 Å². The third-order valence-electron chi connectivity index (χ3n) is 5.01. The molecule has 1 amide bonds. The van der Waals surface area contributed by atoms with Gasteiger partial charge < -0.3 is 19.6 Å². The molecule has 0 saturated carbocycles. The van der Waals surface area contributed by atoms with E-state index in [0.717, 1.165) is 33.5 Å². The molecule has 2 aromatic heterocycles. The van der Waals surface area contributed by atoms with E-state index in [0.29, 0.717) is 5.56 Å². The molecule has 6 heteroatoms. The fourth-order valence-corrected chi connectivity index (χ4v) is 3.49. The van der Waals surface area contributed by atoms with Crippen molar-refractivity contribution in [2.24, 2.45) is 0 Å². The zero-order valence-corrected chi connectivity index (χ0v) is 16.5. The fraction of sp³-hybridized carbons (Fsp3) is 0.273. The van der Waals surface area contributed by atoms with Crippen molar-refractivity contribution in [2.75, 3.05) is 7.11 Å². The Hall–Kier alpha value is -3.28. The average molecular weight is 376 g/mol. The van der Waals surface area contributed by atoms with Gasteiger partial charge in [0, 0.05) is 23.1 Å². The molecule has 1 atom stereocenters. The fourth-order valence-electron chi connectivity index (χ4n) is 3.49. The van der Waals surface area contributed by atoms with Crippen LogP contribution in [0, 0.1) is 0 Å². The van der Waals surface area contributed by atoms with Gasteiger partial charge in [-0.3, -0.25) is 4.79 Å². The summed E-state index contributed by atoms with van der Waals surface area (Å²) in [6, 6.07) is 13.7. The largest absolute Gasteiger partial charge is 0.497 e. The zero-order chi connectivity index (χ0) is 19.8. The van der Waals surface area contributed by atoms with Crippen LogP contribution in [0.4, 0.5) is 0 Å². The molecule has 0 fully saturated rings. The van der Waals surface area contributed by atoms with Gasteiger partial charge in [-0.1, -0.05) is 12.1 Å². The van der Waals surface area contributed by atoms with Gasteiger partial charge >= 0.3 is 0 Å². The van der Waals surface area contributed by atoms with Crippen LogP contribution >= 0.6 is 0 Å². The molecule has 144 valence electrons. The lowest BCUT2D eigenvalue weighted by atomic mass is 10.1. The minimum atomic E-state index is -0.247. The highest BCUT2D eigenvalue weighted by Crippen LogP contribution is 2.29. The summed E-state index contributed by atoms with van der Waals surface area (Å²) in [5.41, 5.74) is 3.49. The Morgan fingerprint density at radius 3 is 2.68 bits per heavy atom. The third kappa shape index (κ3) is 3.11. The summed E-state index contributed by atoms with van der Waals surface area (Å²) >= 11 is 0. The van der Waals surface area contributed by atoms with Gasteiger partial charge in [0.2, 0.25) is 0 Å². The molecule has 6 nitrogen and oxygen atoms in total. The molecule has 0 radical (unpaired) electrons. The van der Waals surface area contributed by atoms with E-state index in [4.69, 9.17) is 4.74 Å². The van der Waals surface area contributed by atoms with Crippen molar-refractivity contribution in [3.63, 3.8) is 0 Å². The Morgan fingerprint density at radius 1 is 1.18 bits per heavy atom. The quantitative estimate of drug-likeness (QED) is 0.535. The number of benzene rings is 2. The van der Waals surface area contributed by atoms with E-state index in [9.17, 15) is 4.79 Å². The molecule has 0 saturated heterocycles. The molecule has 1 unspecified atom stereocenters. The van der Waals surface area contributed by atoms with Crippen LogP contribution in [-0.2, 0) is 0 Å². The summed E-state index contributed by atoms with van der Waals surface area (Å²) in [5.74, 6) is 1.33. The molecule has 28 heavy (non-hydrogen) atoms. The first-order valence-electron chi connectivity index (χ1n) is 9.42. The summed E-state index contributed by atoms with van der Waals surface area (Å²) in [7, 11) is 1.63. The molecule has 0 aliphatic carbocycles. The normalized spacial score (nSPS) is 12.6. The highest BCUT2D eigenvalue weighted by atomic mass is 16.5. The number of carbonyl (C=O) groups excluding carboxylic acids is 1. The van der Waals surface area contributed by atoms with Gasteiger partial charge in [-0.05, 0) is 51.1 Å². The van der Waals surface area contributed by atoms with Crippen molar-refractivity contribution in [2.45, 2.75) is 32.9 Å². The first-order chi connectivity index (χ1) is 13.5. The average Bonchev–Trinajstić information content (AvgIpc) is 3.29. The number of aromatic nitrogens is 3. The lowest BCUT2D eigenvalue weighted by Crippen LogP contribution is -2.27. The lowest BCUT2D eigenvalue weighted by molar-refractivity contribution is 0.0940. The molecule has 2 N–H and O–H groups in total. The van der Waals surface area contributed by atoms with E-state index in [-0.39, 0.29) is 18.0 Å². The minimum absolute atomic E-state index is 0.134. The lowest BCUT2D eigenvalue weighted by Gasteiger charge is -2.11. The summed E-state index contributed by atoms with van der Waals surface area (Å²) in [5, 5.41) is 3.95. The number of fused-ring (bicyclic) bond motifs is 2. The first-order valence-corrected chi connectivity index (χ1v) is 9.42. The molecular formula is C22H24N4O2. The maximum atomic E-state index is 13.1. The van der Waals surface area contributed by atoms with Crippen LogP contribution in [-0.4, -0.2) is 27.6 Å². The zero-order valence-electron chi connectivity index (χ0n) is 16.5. The van der Waals surface area contributed by atoms with Crippen molar-refractivity contribution in [1.82, 2.24) is 19.9 Å². The standard InChI is InChI=1S/C22H24N4O2/c1-13(2)26-12-17(16-11-15(28-4)9-10-20(16)26)22(27)23-14(3)21-24-18-7-5-6-8-19(18)25-21/h5-14H,1-4H3,(H,23,27)(H,24,25). The summed E-state index contributed by atoms with van der Waals surface area (Å²) in [6.45, 7) is 6.13. The van der Waals surface area contributed by atoms with Crippen LogP contribution in [0.25, 0.3) is 21.9 Å². The van der Waals surface area contributed by atoms with Crippen LogP contribution in [0.1, 0.15) is 49.0 Å². The third-order valence-corrected chi connectivity index (χ3v) is 5.01. The Bertz CT molecular complexity index is 1120. The van der Waals surface area contributed by atoms with E-state index >= 15 is 0 Å². The second kappa shape index (κ2) is 7.03. The number of hydrogen-bond donors (Lipinski definition) is 2. The van der Waals surface area contributed by atoms with Gasteiger partial charge in [0.05, 0.1) is 29.7 Å². The highest BCUT2D eigenvalue weighted by Gasteiger charge is 2.20. The Balaban J connectivity index is 1.67. The van der Waals surface area contributed by atoms with E-state index in [1.54, 1.807) is 7.11 Å². The SMILES string of the molecule is COc1ccc2c(c1)c(C(=O)NC(C)c1nc3ccccc3[nH]1)cn2C(C)C. The van der Waals surface area contributed by atoms with E-state index < -0.39 is 0 Å². The molecule has 2 heterocycles. The smallest absolute Gasteiger partial charge is 0.254 e. The number of carbonyl (C=O) groups is 1. The van der Waals surface area contributed by atoms with E-state index in [1.165, 1.54) is 0 Å². The van der Waals surface area contributed by atoms with E-state index in [2.05, 4.69) is 33.7 Å². The Kier molecular flexibility index (Phi) is 4.55. The van der Waals surface area contributed by atoms with Gasteiger partial charge in [0.1, 0.15) is 11.6 Å². The summed E-state index contributed by atoms with van der Waals surface area (Å²) in [6.07, 6.45) is 1.91. The summed E-state index contributed by atoms with van der Waals surface area (Å²) < 4.78 is 7.46. The van der Waals surface area contributed by atoms with Crippen LogP contribution in [0.2, 0.25) is 0 Å². The van der Waals surface area contributed by atoms with Crippen molar-refractivity contribution in [3.05, 3.63) is 60.0 Å². The summed E-state index contributed by atoms with van der Waals surface area (Å²) in [4.78, 5) is 21.0. The highest BCUT2D eigenvalue weighted by molar-refractivity contribution is 6.07. The molecule has 0 spiro atoms. The molecule has 0 aliphatic rings. The van der Waals surface area contributed by atoms with Gasteiger partial charge in [0.15, 0.2) is 0 Å². The number of H-pyrrole nitrogens is 1. The maximum Gasteiger partial charge on any atom is 0.254 e. The number of nitrogens with one attached hydrogen (secondary N) is 2. The number of ether oxygens (including phenoxy) is 1. The number of para-hydroxylation sites is 2. The number of amides is 1. The molecular weight excluding hydrogens is 352 g/mol. The van der Waals surface area contributed by atoms with Crippen molar-refractivity contribution in [1.29, 1.82) is 0 Å². The Labute approximate surface area is 163 Å². The van der Waals surface area contributed by atoms with Crippen molar-refractivity contribution < 1.29 is 9.53 Å². The number of aromatic amines is 1. The van der Waals surface area contributed by atoms with Crippen LogP contribution in [0.3, 0.4) is 0 Å². The number of imidazole rings is 1. The van der Waals surface area contributed by atoms with Crippen LogP contribution in [0.15, 0.2) is 48.7 Å². The molecule has 4 rings (SSSR count). The second-order valence-corrected chi connectivity index (χ2v) is 7.26. The molecule has 2 aromatic carbocycles. The minimum Gasteiger partial charge on any atom is -0.497 e. The second-order valence-electron chi connectivity index (χ2n) is 7.26. The van der Waals surface area contributed by atoms with Crippen molar-refractivity contribution in [3.8, 4) is 5.75 Å².